The Bertz CT molecular complexity index is 391. The molecule has 1 fully saturated rings. The zero-order chi connectivity index (χ0) is 13.0. The third-order valence-corrected chi connectivity index (χ3v) is 3.67. The Labute approximate surface area is 113 Å². The lowest BCUT2D eigenvalue weighted by Crippen LogP contribution is -2.37. The van der Waals surface area contributed by atoms with Gasteiger partial charge in [0.15, 0.2) is 0 Å². The first kappa shape index (κ1) is 13.6. The molecule has 1 aromatic rings. The number of piperidine rings is 1. The summed E-state index contributed by atoms with van der Waals surface area (Å²) in [6, 6.07) is 5.71. The molecule has 2 nitrogen and oxygen atoms in total. The first-order valence-electron chi connectivity index (χ1n) is 6.60. The van der Waals surface area contributed by atoms with Crippen molar-refractivity contribution in [3.63, 3.8) is 0 Å². The van der Waals surface area contributed by atoms with E-state index in [0.717, 1.165) is 18.7 Å². The summed E-state index contributed by atoms with van der Waals surface area (Å²) in [5, 5.41) is 7.07. The molecule has 1 heterocycles. The van der Waals surface area contributed by atoms with Gasteiger partial charge in [-0.25, -0.2) is 4.39 Å². The van der Waals surface area contributed by atoms with Crippen LogP contribution in [0.15, 0.2) is 18.2 Å². The molecule has 2 atom stereocenters. The van der Waals surface area contributed by atoms with Gasteiger partial charge in [-0.15, -0.1) is 0 Å². The van der Waals surface area contributed by atoms with E-state index in [1.807, 2.05) is 0 Å². The molecule has 0 aliphatic carbocycles. The third-order valence-electron chi connectivity index (χ3n) is 3.38. The summed E-state index contributed by atoms with van der Waals surface area (Å²) in [6.07, 6.45) is 4.92. The van der Waals surface area contributed by atoms with Gasteiger partial charge in [0.2, 0.25) is 0 Å². The van der Waals surface area contributed by atoms with Crippen LogP contribution in [0.5, 0.6) is 0 Å². The van der Waals surface area contributed by atoms with Crippen LogP contribution in [0.3, 0.4) is 0 Å². The van der Waals surface area contributed by atoms with Crippen molar-refractivity contribution in [2.75, 3.05) is 11.9 Å². The van der Waals surface area contributed by atoms with Crippen LogP contribution in [0.25, 0.3) is 0 Å². The topological polar surface area (TPSA) is 24.1 Å². The summed E-state index contributed by atoms with van der Waals surface area (Å²) >= 11 is 5.76. The number of rotatable bonds is 4. The van der Waals surface area contributed by atoms with Gasteiger partial charge in [-0.3, -0.25) is 0 Å². The molecular weight excluding hydrogens is 251 g/mol. The van der Waals surface area contributed by atoms with Crippen LogP contribution in [0.2, 0.25) is 5.02 Å². The molecule has 100 valence electrons. The number of benzene rings is 1. The lowest BCUT2D eigenvalue weighted by molar-refractivity contribution is 0.371. The van der Waals surface area contributed by atoms with E-state index in [-0.39, 0.29) is 10.8 Å². The fourth-order valence-corrected chi connectivity index (χ4v) is 2.66. The van der Waals surface area contributed by atoms with Crippen molar-refractivity contribution in [3.05, 3.63) is 29.0 Å². The van der Waals surface area contributed by atoms with E-state index in [1.165, 1.54) is 25.3 Å². The number of anilines is 1. The predicted molar refractivity (Wildman–Crippen MR) is 74.8 cm³/mol. The summed E-state index contributed by atoms with van der Waals surface area (Å²) in [6.45, 7) is 3.27. The summed E-state index contributed by atoms with van der Waals surface area (Å²) in [5.74, 6) is -0.371. The van der Waals surface area contributed by atoms with Crippen LogP contribution >= 0.6 is 11.6 Å². The zero-order valence-electron chi connectivity index (χ0n) is 10.7. The SMILES string of the molecule is CC(CC1CCCCN1)Nc1ccc(F)c(Cl)c1. The molecule has 2 N–H and O–H groups in total. The average molecular weight is 271 g/mol. The fourth-order valence-electron chi connectivity index (χ4n) is 2.48. The van der Waals surface area contributed by atoms with Gasteiger partial charge in [-0.05, 0) is 50.9 Å². The molecule has 0 spiro atoms. The van der Waals surface area contributed by atoms with Crippen molar-refractivity contribution in [2.24, 2.45) is 0 Å². The highest BCUT2D eigenvalue weighted by Gasteiger charge is 2.15. The minimum absolute atomic E-state index is 0.169. The molecule has 0 saturated carbocycles. The Kier molecular flexibility index (Phi) is 4.84. The van der Waals surface area contributed by atoms with E-state index in [9.17, 15) is 4.39 Å². The zero-order valence-corrected chi connectivity index (χ0v) is 11.4. The van der Waals surface area contributed by atoms with E-state index in [0.29, 0.717) is 12.1 Å². The summed E-state index contributed by atoms with van der Waals surface area (Å²) in [7, 11) is 0. The summed E-state index contributed by atoms with van der Waals surface area (Å²) in [4.78, 5) is 0. The largest absolute Gasteiger partial charge is 0.382 e. The van der Waals surface area contributed by atoms with Crippen LogP contribution in [0.1, 0.15) is 32.6 Å². The highest BCUT2D eigenvalue weighted by molar-refractivity contribution is 6.31. The van der Waals surface area contributed by atoms with Crippen LogP contribution in [0, 0.1) is 5.82 Å². The van der Waals surface area contributed by atoms with Crippen molar-refractivity contribution in [2.45, 2.75) is 44.7 Å². The smallest absolute Gasteiger partial charge is 0.141 e. The fraction of sp³-hybridized carbons (Fsp3) is 0.571. The lowest BCUT2D eigenvalue weighted by Gasteiger charge is -2.27. The first-order valence-corrected chi connectivity index (χ1v) is 6.98. The molecule has 18 heavy (non-hydrogen) atoms. The molecule has 0 radical (unpaired) electrons. The molecule has 2 rings (SSSR count). The second kappa shape index (κ2) is 6.39. The second-order valence-electron chi connectivity index (χ2n) is 5.06. The molecule has 0 amide bonds. The van der Waals surface area contributed by atoms with Crippen molar-refractivity contribution in [3.8, 4) is 0 Å². The normalized spacial score (nSPS) is 21.6. The maximum atomic E-state index is 13.0. The standard InChI is InChI=1S/C14H20ClFN2/c1-10(8-11-4-2-3-7-17-11)18-12-5-6-14(16)13(15)9-12/h5-6,9-11,17-18H,2-4,7-8H2,1H3. The van der Waals surface area contributed by atoms with Gasteiger partial charge in [0.1, 0.15) is 5.82 Å². The van der Waals surface area contributed by atoms with Crippen molar-refractivity contribution < 1.29 is 4.39 Å². The van der Waals surface area contributed by atoms with Crippen molar-refractivity contribution in [1.29, 1.82) is 0 Å². The molecule has 4 heteroatoms. The molecule has 2 unspecified atom stereocenters. The molecule has 1 aliphatic heterocycles. The van der Waals surface area contributed by atoms with Gasteiger partial charge in [-0.2, -0.15) is 0 Å². The van der Waals surface area contributed by atoms with Crippen molar-refractivity contribution >= 4 is 17.3 Å². The maximum absolute atomic E-state index is 13.0. The van der Waals surface area contributed by atoms with Gasteiger partial charge in [0.25, 0.3) is 0 Å². The molecule has 1 saturated heterocycles. The van der Waals surface area contributed by atoms with Gasteiger partial charge in [0.05, 0.1) is 5.02 Å². The van der Waals surface area contributed by atoms with E-state index >= 15 is 0 Å². The first-order chi connectivity index (χ1) is 8.65. The quantitative estimate of drug-likeness (QED) is 0.869. The van der Waals surface area contributed by atoms with Crippen LogP contribution in [-0.4, -0.2) is 18.6 Å². The lowest BCUT2D eigenvalue weighted by atomic mass is 9.99. The van der Waals surface area contributed by atoms with E-state index in [1.54, 1.807) is 12.1 Å². The average Bonchev–Trinajstić information content (AvgIpc) is 2.35. The minimum Gasteiger partial charge on any atom is -0.382 e. The maximum Gasteiger partial charge on any atom is 0.141 e. The van der Waals surface area contributed by atoms with E-state index in [2.05, 4.69) is 17.6 Å². The van der Waals surface area contributed by atoms with Gasteiger partial charge in [-0.1, -0.05) is 18.0 Å². The Morgan fingerprint density at radius 2 is 2.33 bits per heavy atom. The highest BCUT2D eigenvalue weighted by Crippen LogP contribution is 2.21. The van der Waals surface area contributed by atoms with Crippen molar-refractivity contribution in [1.82, 2.24) is 5.32 Å². The van der Waals surface area contributed by atoms with Crippen LogP contribution in [-0.2, 0) is 0 Å². The third kappa shape index (κ3) is 3.85. The predicted octanol–water partition coefficient (Wildman–Crippen LogP) is 3.81. The Morgan fingerprint density at radius 3 is 3.00 bits per heavy atom. The van der Waals surface area contributed by atoms with Crippen LogP contribution in [0.4, 0.5) is 10.1 Å². The monoisotopic (exact) mass is 270 g/mol. The van der Waals surface area contributed by atoms with E-state index in [4.69, 9.17) is 11.6 Å². The van der Waals surface area contributed by atoms with Crippen LogP contribution < -0.4 is 10.6 Å². The highest BCUT2D eigenvalue weighted by atomic mass is 35.5. The molecule has 1 aliphatic rings. The Morgan fingerprint density at radius 1 is 1.50 bits per heavy atom. The van der Waals surface area contributed by atoms with Gasteiger partial charge in [0, 0.05) is 17.8 Å². The number of nitrogens with one attached hydrogen (secondary N) is 2. The number of halogens is 2. The van der Waals surface area contributed by atoms with E-state index < -0.39 is 0 Å². The second-order valence-corrected chi connectivity index (χ2v) is 5.46. The Balaban J connectivity index is 1.85. The molecular formula is C14H20ClFN2. The number of hydrogen-bond donors (Lipinski definition) is 2. The Hall–Kier alpha value is -0.800. The van der Waals surface area contributed by atoms with Gasteiger partial charge < -0.3 is 10.6 Å². The number of hydrogen-bond acceptors (Lipinski definition) is 2. The van der Waals surface area contributed by atoms with Gasteiger partial charge >= 0.3 is 0 Å². The summed E-state index contributed by atoms with van der Waals surface area (Å²) in [5.41, 5.74) is 0.879. The summed E-state index contributed by atoms with van der Waals surface area (Å²) < 4.78 is 13.0. The molecule has 0 aromatic heterocycles. The molecule has 1 aromatic carbocycles. The molecule has 0 bridgehead atoms. The minimum atomic E-state index is -0.371.